The minimum atomic E-state index is -0.489. The average molecular weight is 354 g/mol. The third-order valence-corrected chi connectivity index (χ3v) is 5.99. The van der Waals surface area contributed by atoms with Crippen LogP contribution in [0.25, 0.3) is 21.6 Å². The number of rotatable bonds is 5. The van der Waals surface area contributed by atoms with E-state index in [-0.39, 0.29) is 5.56 Å². The van der Waals surface area contributed by atoms with Crippen LogP contribution in [-0.4, -0.2) is 0 Å². The average Bonchev–Trinajstić information content (AvgIpc) is 3.34. The first-order chi connectivity index (χ1) is 12.2. The van der Waals surface area contributed by atoms with Gasteiger partial charge in [0.15, 0.2) is 0 Å². The molecule has 1 aliphatic carbocycles. The van der Waals surface area contributed by atoms with Crippen molar-refractivity contribution in [3.63, 3.8) is 0 Å². The lowest BCUT2D eigenvalue weighted by molar-refractivity contribution is 0.591. The molecule has 1 saturated carbocycles. The van der Waals surface area contributed by atoms with E-state index in [1.165, 1.54) is 46.8 Å². The van der Waals surface area contributed by atoms with Crippen molar-refractivity contribution in [2.75, 3.05) is 0 Å². The first kappa shape index (κ1) is 16.5. The van der Waals surface area contributed by atoms with Crippen LogP contribution >= 0.6 is 11.3 Å². The molecule has 0 unspecified atom stereocenters. The van der Waals surface area contributed by atoms with Gasteiger partial charge < -0.3 is 0 Å². The van der Waals surface area contributed by atoms with Crippen molar-refractivity contribution in [1.29, 1.82) is 0 Å². The lowest BCUT2D eigenvalue weighted by Crippen LogP contribution is -1.91. The molecule has 0 N–H and O–H groups in total. The normalized spacial score (nSPS) is 14.0. The topological polar surface area (TPSA) is 0 Å². The molecule has 1 aliphatic rings. The summed E-state index contributed by atoms with van der Waals surface area (Å²) in [6.45, 7) is 2.14. The summed E-state index contributed by atoms with van der Waals surface area (Å²) in [4.78, 5) is 1.92. The van der Waals surface area contributed by atoms with Gasteiger partial charge in [-0.1, -0.05) is 37.6 Å². The maximum atomic E-state index is 14.7. The van der Waals surface area contributed by atoms with Crippen molar-refractivity contribution in [3.05, 3.63) is 70.6 Å². The van der Waals surface area contributed by atoms with Crippen LogP contribution in [0.2, 0.25) is 0 Å². The monoisotopic (exact) mass is 354 g/mol. The van der Waals surface area contributed by atoms with Gasteiger partial charge in [-0.3, -0.25) is 0 Å². The Kier molecular flexibility index (Phi) is 4.43. The fourth-order valence-electron chi connectivity index (χ4n) is 3.20. The Bertz CT molecular complexity index is 866. The maximum absolute atomic E-state index is 14.7. The molecule has 128 valence electrons. The largest absolute Gasteiger partial charge is 0.206 e. The van der Waals surface area contributed by atoms with E-state index in [0.717, 1.165) is 18.4 Å². The molecule has 0 nitrogen and oxygen atoms in total. The molecule has 0 saturated heterocycles. The number of hydrogen-bond acceptors (Lipinski definition) is 1. The molecule has 3 heteroatoms. The molecule has 0 atom stereocenters. The van der Waals surface area contributed by atoms with E-state index in [2.05, 4.69) is 6.92 Å². The fraction of sp³-hybridized carbons (Fsp3) is 0.273. The van der Waals surface area contributed by atoms with Gasteiger partial charge in [0.05, 0.1) is 5.56 Å². The molecule has 0 aliphatic heterocycles. The highest BCUT2D eigenvalue weighted by Crippen LogP contribution is 2.45. The number of aryl methyl sites for hydroxylation is 1. The van der Waals surface area contributed by atoms with Crippen molar-refractivity contribution in [3.8, 4) is 21.6 Å². The fourth-order valence-corrected chi connectivity index (χ4v) is 4.43. The minimum Gasteiger partial charge on any atom is -0.206 e. The predicted molar refractivity (Wildman–Crippen MR) is 101 cm³/mol. The van der Waals surface area contributed by atoms with Crippen LogP contribution in [0.1, 0.15) is 42.5 Å². The molecular formula is C22H20F2S. The van der Waals surface area contributed by atoms with Crippen molar-refractivity contribution < 1.29 is 8.78 Å². The molecule has 3 aromatic rings. The summed E-state index contributed by atoms with van der Waals surface area (Å²) >= 11 is 1.51. The summed E-state index contributed by atoms with van der Waals surface area (Å²) in [5, 5.41) is 0. The quantitative estimate of drug-likeness (QED) is 0.455. The van der Waals surface area contributed by atoms with Crippen molar-refractivity contribution in [2.24, 2.45) is 0 Å². The molecule has 0 amide bonds. The standard InChI is InChI=1S/C22H20F2S/c1-2-3-14-4-6-15(7-5-14)17-12-18(23)22(19(24)13-17)21-11-10-20(25-21)16-8-9-16/h4-7,10-13,16H,2-3,8-9H2,1H3. The van der Waals surface area contributed by atoms with E-state index >= 15 is 0 Å². The van der Waals surface area contributed by atoms with Gasteiger partial charge in [0.2, 0.25) is 0 Å². The number of halogens is 2. The van der Waals surface area contributed by atoms with E-state index in [1.54, 1.807) is 0 Å². The van der Waals surface area contributed by atoms with Gasteiger partial charge in [-0.2, -0.15) is 0 Å². The second-order valence-corrected chi connectivity index (χ2v) is 7.85. The van der Waals surface area contributed by atoms with E-state index in [0.29, 0.717) is 16.4 Å². The van der Waals surface area contributed by atoms with Gasteiger partial charge in [-0.05, 0) is 66.1 Å². The Hall–Kier alpha value is -2.00. The molecule has 4 rings (SSSR count). The molecule has 1 aromatic heterocycles. The van der Waals surface area contributed by atoms with E-state index in [9.17, 15) is 8.78 Å². The first-order valence-corrected chi connectivity index (χ1v) is 9.66. The Morgan fingerprint density at radius 1 is 0.920 bits per heavy atom. The van der Waals surface area contributed by atoms with Crippen LogP contribution in [0.4, 0.5) is 8.78 Å². The zero-order chi connectivity index (χ0) is 17.4. The van der Waals surface area contributed by atoms with Crippen molar-refractivity contribution in [1.82, 2.24) is 0 Å². The minimum absolute atomic E-state index is 0.100. The Morgan fingerprint density at radius 3 is 2.20 bits per heavy atom. The zero-order valence-electron chi connectivity index (χ0n) is 14.2. The third kappa shape index (κ3) is 3.38. The highest BCUT2D eigenvalue weighted by atomic mass is 32.1. The van der Waals surface area contributed by atoms with Gasteiger partial charge in [0.25, 0.3) is 0 Å². The van der Waals surface area contributed by atoms with Crippen LogP contribution in [0.15, 0.2) is 48.5 Å². The molecule has 25 heavy (non-hydrogen) atoms. The number of thiophene rings is 1. The van der Waals surface area contributed by atoms with Crippen LogP contribution < -0.4 is 0 Å². The second-order valence-electron chi connectivity index (χ2n) is 6.74. The summed E-state index contributed by atoms with van der Waals surface area (Å²) in [6, 6.07) is 14.7. The van der Waals surface area contributed by atoms with Crippen LogP contribution in [0.5, 0.6) is 0 Å². The van der Waals surface area contributed by atoms with Crippen molar-refractivity contribution >= 4 is 11.3 Å². The summed E-state index contributed by atoms with van der Waals surface area (Å²) in [5.41, 5.74) is 2.77. The van der Waals surface area contributed by atoms with E-state index < -0.39 is 11.6 Å². The molecule has 0 bridgehead atoms. The first-order valence-electron chi connectivity index (χ1n) is 8.84. The van der Waals surface area contributed by atoms with Crippen LogP contribution in [0.3, 0.4) is 0 Å². The summed E-state index contributed by atoms with van der Waals surface area (Å²) in [6.07, 6.45) is 4.49. The van der Waals surface area contributed by atoms with Gasteiger partial charge >= 0.3 is 0 Å². The SMILES string of the molecule is CCCc1ccc(-c2cc(F)c(-c3ccc(C4CC4)s3)c(F)c2)cc1. The van der Waals surface area contributed by atoms with Gasteiger partial charge in [-0.25, -0.2) is 8.78 Å². The smallest absolute Gasteiger partial charge is 0.135 e. The summed E-state index contributed by atoms with van der Waals surface area (Å²) in [7, 11) is 0. The number of benzene rings is 2. The molecule has 2 aromatic carbocycles. The Balaban J connectivity index is 1.67. The molecular weight excluding hydrogens is 334 g/mol. The van der Waals surface area contributed by atoms with E-state index in [1.807, 2.05) is 36.4 Å². The summed E-state index contributed by atoms with van der Waals surface area (Å²) < 4.78 is 29.3. The van der Waals surface area contributed by atoms with Gasteiger partial charge in [0.1, 0.15) is 11.6 Å². The molecule has 0 radical (unpaired) electrons. The third-order valence-electron chi connectivity index (χ3n) is 4.72. The Labute approximate surface area is 151 Å². The predicted octanol–water partition coefficient (Wildman–Crippen LogP) is 7.19. The second kappa shape index (κ2) is 6.72. The summed E-state index contributed by atoms with van der Waals surface area (Å²) in [5.74, 6) is -0.376. The molecule has 0 spiro atoms. The molecule has 1 fully saturated rings. The number of hydrogen-bond donors (Lipinski definition) is 0. The van der Waals surface area contributed by atoms with Crippen molar-refractivity contribution in [2.45, 2.75) is 38.5 Å². The molecule has 1 heterocycles. The van der Waals surface area contributed by atoms with E-state index in [4.69, 9.17) is 0 Å². The maximum Gasteiger partial charge on any atom is 0.135 e. The zero-order valence-corrected chi connectivity index (χ0v) is 15.0. The van der Waals surface area contributed by atoms with Gasteiger partial charge in [-0.15, -0.1) is 11.3 Å². The highest BCUT2D eigenvalue weighted by Gasteiger charge is 2.26. The van der Waals surface area contributed by atoms with Crippen LogP contribution in [0, 0.1) is 11.6 Å². The van der Waals surface area contributed by atoms with Gasteiger partial charge in [0, 0.05) is 9.75 Å². The van der Waals surface area contributed by atoms with Crippen LogP contribution in [-0.2, 0) is 6.42 Å². The lowest BCUT2D eigenvalue weighted by Gasteiger charge is -2.08. The Morgan fingerprint density at radius 2 is 1.60 bits per heavy atom. The lowest BCUT2D eigenvalue weighted by atomic mass is 10.00. The highest BCUT2D eigenvalue weighted by molar-refractivity contribution is 7.15.